The molecule has 0 aliphatic rings. The maximum atomic E-state index is 11.3. The molecular weight excluding hydrogens is 296 g/mol. The molecule has 1 rings (SSSR count). The molecule has 0 amide bonds. The van der Waals surface area contributed by atoms with Gasteiger partial charge in [-0.2, -0.15) is 0 Å². The molecule has 0 spiro atoms. The van der Waals surface area contributed by atoms with E-state index in [1.165, 1.54) is 32.1 Å². The number of hydrogen-bond acceptors (Lipinski definition) is 3. The van der Waals surface area contributed by atoms with E-state index in [2.05, 4.69) is 18.8 Å². The van der Waals surface area contributed by atoms with Gasteiger partial charge in [-0.15, -0.1) is 0 Å². The van der Waals surface area contributed by atoms with Crippen molar-refractivity contribution in [3.63, 3.8) is 0 Å². The Bertz CT molecular complexity index is 497. The summed E-state index contributed by atoms with van der Waals surface area (Å²) in [6.45, 7) is 5.08. The van der Waals surface area contributed by atoms with Gasteiger partial charge < -0.3 is 4.57 Å². The number of aryl methyl sites for hydroxylation is 2. The predicted octanol–water partition coefficient (Wildman–Crippen LogP) is 4.12. The number of halogens is 1. The van der Waals surface area contributed by atoms with Gasteiger partial charge in [-0.1, -0.05) is 46.0 Å². The minimum absolute atomic E-state index is 0.0198. The van der Waals surface area contributed by atoms with E-state index in [0.717, 1.165) is 31.6 Å². The maximum Gasteiger partial charge on any atom is 0.280 e. The molecule has 0 fully saturated rings. The van der Waals surface area contributed by atoms with Gasteiger partial charge in [0, 0.05) is 29.8 Å². The van der Waals surface area contributed by atoms with Crippen LogP contribution in [0.5, 0.6) is 0 Å². The largest absolute Gasteiger partial charge is 0.333 e. The molecule has 0 saturated carbocycles. The Labute approximate surface area is 127 Å². The van der Waals surface area contributed by atoms with E-state index >= 15 is 0 Å². The van der Waals surface area contributed by atoms with Gasteiger partial charge in [0.15, 0.2) is 5.03 Å². The summed E-state index contributed by atoms with van der Waals surface area (Å²) in [6, 6.07) is 0. The number of nitrogens with zero attached hydrogens (tertiary/aromatic N) is 2. The van der Waals surface area contributed by atoms with Crippen LogP contribution in [0, 0.1) is 0 Å². The number of unbranched alkanes of at least 4 members (excludes halogenated alkanes) is 5. The predicted molar refractivity (Wildman–Crippen MR) is 82.6 cm³/mol. The second kappa shape index (κ2) is 8.67. The SMILES string of the molecule is CCCCCCCCn1cc(S(=O)(=O)Cl)nc1CCC. The molecule has 0 aliphatic carbocycles. The van der Waals surface area contributed by atoms with Crippen molar-refractivity contribution in [1.82, 2.24) is 9.55 Å². The van der Waals surface area contributed by atoms with Crippen molar-refractivity contribution < 1.29 is 8.42 Å². The average Bonchev–Trinajstić information content (AvgIpc) is 2.77. The fourth-order valence-electron chi connectivity index (χ4n) is 2.22. The van der Waals surface area contributed by atoms with E-state index in [1.807, 2.05) is 4.57 Å². The minimum atomic E-state index is -3.73. The molecule has 0 N–H and O–H groups in total. The molecule has 0 aliphatic heterocycles. The highest BCUT2D eigenvalue weighted by atomic mass is 35.7. The standard InChI is InChI=1S/C14H25ClN2O2S/c1-3-5-6-7-8-9-11-17-12-14(20(15,18)19)16-13(17)10-4-2/h12H,3-11H2,1-2H3. The Morgan fingerprint density at radius 1 is 1.10 bits per heavy atom. The van der Waals surface area contributed by atoms with Crippen molar-refractivity contribution in [2.45, 2.75) is 76.8 Å². The molecule has 0 saturated heterocycles. The fraction of sp³-hybridized carbons (Fsp3) is 0.786. The zero-order chi connectivity index (χ0) is 15.0. The minimum Gasteiger partial charge on any atom is -0.333 e. The van der Waals surface area contributed by atoms with E-state index in [9.17, 15) is 8.42 Å². The smallest absolute Gasteiger partial charge is 0.280 e. The van der Waals surface area contributed by atoms with Gasteiger partial charge in [0.1, 0.15) is 5.82 Å². The van der Waals surface area contributed by atoms with Gasteiger partial charge in [0.05, 0.1) is 0 Å². The van der Waals surface area contributed by atoms with E-state index in [0.29, 0.717) is 0 Å². The molecule has 20 heavy (non-hydrogen) atoms. The van der Waals surface area contributed by atoms with Crippen LogP contribution >= 0.6 is 10.7 Å². The summed E-state index contributed by atoms with van der Waals surface area (Å²) in [5, 5.41) is -0.0198. The molecule has 4 nitrogen and oxygen atoms in total. The zero-order valence-corrected chi connectivity index (χ0v) is 14.0. The molecule has 6 heteroatoms. The molecule has 0 radical (unpaired) electrons. The first-order valence-electron chi connectivity index (χ1n) is 7.49. The molecule has 116 valence electrons. The Hall–Kier alpha value is -0.550. The first kappa shape index (κ1) is 17.5. The van der Waals surface area contributed by atoms with Crippen molar-refractivity contribution in [2.75, 3.05) is 0 Å². The fourth-order valence-corrected chi connectivity index (χ4v) is 2.92. The lowest BCUT2D eigenvalue weighted by molar-refractivity contribution is 0.544. The van der Waals surface area contributed by atoms with E-state index < -0.39 is 9.05 Å². The quantitative estimate of drug-likeness (QED) is 0.481. The molecule has 1 aromatic heterocycles. The molecule has 0 unspecified atom stereocenters. The molecule has 0 aromatic carbocycles. The van der Waals surface area contributed by atoms with Crippen molar-refractivity contribution in [3.8, 4) is 0 Å². The van der Waals surface area contributed by atoms with Crippen molar-refractivity contribution in [2.24, 2.45) is 0 Å². The van der Waals surface area contributed by atoms with Gasteiger partial charge in [0.2, 0.25) is 0 Å². The van der Waals surface area contributed by atoms with Crippen LogP contribution in [0.1, 0.15) is 64.6 Å². The van der Waals surface area contributed by atoms with Crippen LogP contribution in [0.15, 0.2) is 11.2 Å². The normalized spacial score (nSPS) is 11.9. The molecular formula is C14H25ClN2O2S. The summed E-state index contributed by atoms with van der Waals surface area (Å²) < 4.78 is 24.6. The molecule has 0 bridgehead atoms. The lowest BCUT2D eigenvalue weighted by Gasteiger charge is -2.06. The van der Waals surface area contributed by atoms with Crippen LogP contribution in [0.3, 0.4) is 0 Å². The summed E-state index contributed by atoms with van der Waals surface area (Å²) >= 11 is 0. The third-order valence-electron chi connectivity index (χ3n) is 3.31. The van der Waals surface area contributed by atoms with Gasteiger partial charge >= 0.3 is 0 Å². The summed E-state index contributed by atoms with van der Waals surface area (Å²) in [7, 11) is 1.63. The maximum absolute atomic E-state index is 11.3. The van der Waals surface area contributed by atoms with Crippen molar-refractivity contribution in [3.05, 3.63) is 12.0 Å². The van der Waals surface area contributed by atoms with Gasteiger partial charge in [0.25, 0.3) is 9.05 Å². The molecule has 1 aromatic rings. The van der Waals surface area contributed by atoms with Crippen molar-refractivity contribution in [1.29, 1.82) is 0 Å². The highest BCUT2D eigenvalue weighted by Crippen LogP contribution is 2.16. The Balaban J connectivity index is 2.57. The summed E-state index contributed by atoms with van der Waals surface area (Å²) in [6.07, 6.45) is 10.6. The summed E-state index contributed by atoms with van der Waals surface area (Å²) in [5.41, 5.74) is 0. The number of rotatable bonds is 10. The van der Waals surface area contributed by atoms with Gasteiger partial charge in [-0.25, -0.2) is 13.4 Å². The summed E-state index contributed by atoms with van der Waals surface area (Å²) in [4.78, 5) is 4.14. The highest BCUT2D eigenvalue weighted by Gasteiger charge is 2.17. The first-order chi connectivity index (χ1) is 9.49. The topological polar surface area (TPSA) is 52.0 Å². The van der Waals surface area contributed by atoms with E-state index in [1.54, 1.807) is 6.20 Å². The number of imidazole rings is 1. The zero-order valence-electron chi connectivity index (χ0n) is 12.4. The first-order valence-corrected chi connectivity index (χ1v) is 9.80. The Morgan fingerprint density at radius 3 is 2.35 bits per heavy atom. The van der Waals surface area contributed by atoms with Crippen LogP contribution in [0.4, 0.5) is 0 Å². The summed E-state index contributed by atoms with van der Waals surface area (Å²) in [5.74, 6) is 0.820. The lowest BCUT2D eigenvalue weighted by Crippen LogP contribution is -2.02. The Kier molecular flexibility index (Phi) is 7.59. The van der Waals surface area contributed by atoms with E-state index in [4.69, 9.17) is 10.7 Å². The van der Waals surface area contributed by atoms with Crippen LogP contribution < -0.4 is 0 Å². The van der Waals surface area contributed by atoms with Crippen molar-refractivity contribution >= 4 is 19.7 Å². The van der Waals surface area contributed by atoms with Gasteiger partial charge in [-0.05, 0) is 12.8 Å². The van der Waals surface area contributed by atoms with E-state index in [-0.39, 0.29) is 5.03 Å². The Morgan fingerprint density at radius 2 is 1.75 bits per heavy atom. The van der Waals surface area contributed by atoms with Crippen LogP contribution in [0.2, 0.25) is 0 Å². The van der Waals surface area contributed by atoms with Crippen LogP contribution in [0.25, 0.3) is 0 Å². The second-order valence-corrected chi connectivity index (χ2v) is 7.66. The highest BCUT2D eigenvalue weighted by molar-refractivity contribution is 8.13. The number of aromatic nitrogens is 2. The molecule has 0 atom stereocenters. The molecule has 1 heterocycles. The average molecular weight is 321 g/mol. The van der Waals surface area contributed by atoms with Gasteiger partial charge in [-0.3, -0.25) is 0 Å². The monoisotopic (exact) mass is 320 g/mol. The van der Waals surface area contributed by atoms with Crippen LogP contribution in [-0.4, -0.2) is 18.0 Å². The lowest BCUT2D eigenvalue weighted by atomic mass is 10.1. The third-order valence-corrected chi connectivity index (χ3v) is 4.48. The van der Waals surface area contributed by atoms with Crippen LogP contribution in [-0.2, 0) is 22.0 Å². The number of hydrogen-bond donors (Lipinski definition) is 0. The third kappa shape index (κ3) is 5.83. The second-order valence-electron chi connectivity index (χ2n) is 5.14.